The highest BCUT2D eigenvalue weighted by Gasteiger charge is 2.35. The number of hydrogen-bond acceptors (Lipinski definition) is 4. The highest BCUT2D eigenvalue weighted by Crippen LogP contribution is 2.29. The first-order chi connectivity index (χ1) is 7.62. The molecule has 1 fully saturated rings. The Labute approximate surface area is 96.4 Å². The highest BCUT2D eigenvalue weighted by molar-refractivity contribution is 5.16. The lowest BCUT2D eigenvalue weighted by Crippen LogP contribution is -2.55. The zero-order valence-corrected chi connectivity index (χ0v) is 9.98. The van der Waals surface area contributed by atoms with E-state index in [4.69, 9.17) is 14.9 Å². The first-order valence-corrected chi connectivity index (χ1v) is 5.73. The summed E-state index contributed by atoms with van der Waals surface area (Å²) in [6.45, 7) is 7.83. The van der Waals surface area contributed by atoms with E-state index in [1.807, 2.05) is 6.07 Å². The fraction of sp³-hybridized carbons (Fsp3) is 0.667. The average Bonchev–Trinajstić information content (AvgIpc) is 2.82. The molecule has 4 heteroatoms. The minimum absolute atomic E-state index is 0.0376. The molecule has 0 aliphatic carbocycles. The van der Waals surface area contributed by atoms with Crippen LogP contribution in [0.4, 0.5) is 0 Å². The van der Waals surface area contributed by atoms with Crippen LogP contribution in [0, 0.1) is 0 Å². The molecule has 4 nitrogen and oxygen atoms in total. The Hall–Kier alpha value is -0.840. The van der Waals surface area contributed by atoms with E-state index in [0.29, 0.717) is 0 Å². The third kappa shape index (κ3) is 2.14. The van der Waals surface area contributed by atoms with Crippen molar-refractivity contribution < 1.29 is 9.15 Å². The van der Waals surface area contributed by atoms with Gasteiger partial charge in [-0.15, -0.1) is 0 Å². The molecule has 2 heterocycles. The van der Waals surface area contributed by atoms with Crippen molar-refractivity contribution in [1.29, 1.82) is 0 Å². The molecule has 0 saturated carbocycles. The molecule has 2 N–H and O–H groups in total. The quantitative estimate of drug-likeness (QED) is 0.843. The lowest BCUT2D eigenvalue weighted by atomic mass is 9.88. The van der Waals surface area contributed by atoms with Gasteiger partial charge in [0.15, 0.2) is 0 Å². The molecule has 0 spiro atoms. The van der Waals surface area contributed by atoms with E-state index < -0.39 is 0 Å². The van der Waals surface area contributed by atoms with E-state index in [9.17, 15) is 0 Å². The Kier molecular flexibility index (Phi) is 3.33. The minimum atomic E-state index is -0.0757. The van der Waals surface area contributed by atoms with E-state index in [1.54, 1.807) is 12.5 Å². The van der Waals surface area contributed by atoms with Crippen LogP contribution in [0.5, 0.6) is 0 Å². The summed E-state index contributed by atoms with van der Waals surface area (Å²) in [4.78, 5) is 2.38. The summed E-state index contributed by atoms with van der Waals surface area (Å²) in [5.41, 5.74) is 7.28. The molecule has 1 saturated heterocycles. The number of furan rings is 1. The maximum Gasteiger partial charge on any atom is 0.0951 e. The first kappa shape index (κ1) is 11.6. The van der Waals surface area contributed by atoms with E-state index in [1.165, 1.54) is 0 Å². The van der Waals surface area contributed by atoms with Crippen LogP contribution in [0.25, 0.3) is 0 Å². The van der Waals surface area contributed by atoms with Gasteiger partial charge in [-0.2, -0.15) is 0 Å². The Bertz CT molecular complexity index is 316. The molecule has 0 aromatic carbocycles. The van der Waals surface area contributed by atoms with Crippen LogP contribution in [-0.2, 0) is 4.74 Å². The van der Waals surface area contributed by atoms with Gasteiger partial charge in [0.05, 0.1) is 31.8 Å². The normalized spacial score (nSPS) is 20.9. The van der Waals surface area contributed by atoms with Crippen molar-refractivity contribution in [2.24, 2.45) is 5.73 Å². The van der Waals surface area contributed by atoms with Gasteiger partial charge in [0, 0.05) is 24.2 Å². The number of ether oxygens (including phenoxy) is 1. The Morgan fingerprint density at radius 2 is 2.06 bits per heavy atom. The van der Waals surface area contributed by atoms with Gasteiger partial charge in [-0.05, 0) is 19.9 Å². The van der Waals surface area contributed by atoms with Crippen LogP contribution < -0.4 is 5.73 Å². The van der Waals surface area contributed by atoms with Gasteiger partial charge in [0.25, 0.3) is 0 Å². The molecule has 0 radical (unpaired) electrons. The number of nitrogens with zero attached hydrogens (tertiary/aromatic N) is 1. The van der Waals surface area contributed by atoms with Gasteiger partial charge in [-0.25, -0.2) is 0 Å². The van der Waals surface area contributed by atoms with Gasteiger partial charge in [-0.1, -0.05) is 0 Å². The molecular formula is C12H20N2O2. The van der Waals surface area contributed by atoms with Crippen LogP contribution >= 0.6 is 0 Å². The molecule has 1 atom stereocenters. The summed E-state index contributed by atoms with van der Waals surface area (Å²) in [6, 6.07) is 1.90. The fourth-order valence-corrected chi connectivity index (χ4v) is 2.20. The van der Waals surface area contributed by atoms with E-state index in [-0.39, 0.29) is 11.6 Å². The highest BCUT2D eigenvalue weighted by atomic mass is 16.5. The van der Waals surface area contributed by atoms with Crippen LogP contribution in [0.15, 0.2) is 23.0 Å². The molecule has 90 valence electrons. The SMILES string of the molecule is CC(C)(C(N)c1ccoc1)N1CCOCC1. The zero-order valence-electron chi connectivity index (χ0n) is 9.98. The topological polar surface area (TPSA) is 51.6 Å². The fourth-order valence-electron chi connectivity index (χ4n) is 2.20. The zero-order chi connectivity index (χ0) is 11.6. The second-order valence-corrected chi connectivity index (χ2v) is 4.79. The van der Waals surface area contributed by atoms with Gasteiger partial charge < -0.3 is 14.9 Å². The van der Waals surface area contributed by atoms with Gasteiger partial charge >= 0.3 is 0 Å². The molecule has 2 rings (SSSR count). The van der Waals surface area contributed by atoms with Gasteiger partial charge in [-0.3, -0.25) is 4.90 Å². The Balaban J connectivity index is 2.10. The third-order valence-corrected chi connectivity index (χ3v) is 3.49. The molecule has 16 heavy (non-hydrogen) atoms. The van der Waals surface area contributed by atoms with Crippen LogP contribution in [-0.4, -0.2) is 36.7 Å². The van der Waals surface area contributed by atoms with Crippen molar-refractivity contribution in [1.82, 2.24) is 4.90 Å². The predicted molar refractivity (Wildman–Crippen MR) is 62.1 cm³/mol. The number of morpholine rings is 1. The molecule has 1 unspecified atom stereocenters. The molecule has 0 amide bonds. The first-order valence-electron chi connectivity index (χ1n) is 5.73. The maximum absolute atomic E-state index is 6.31. The summed E-state index contributed by atoms with van der Waals surface area (Å²) in [7, 11) is 0. The van der Waals surface area contributed by atoms with Crippen LogP contribution in [0.3, 0.4) is 0 Å². The summed E-state index contributed by atoms with van der Waals surface area (Å²) < 4.78 is 10.5. The smallest absolute Gasteiger partial charge is 0.0951 e. The Morgan fingerprint density at radius 3 is 2.62 bits per heavy atom. The van der Waals surface area contributed by atoms with E-state index >= 15 is 0 Å². The second-order valence-electron chi connectivity index (χ2n) is 4.79. The number of rotatable bonds is 3. The van der Waals surface area contributed by atoms with Crippen LogP contribution in [0.1, 0.15) is 25.5 Å². The van der Waals surface area contributed by atoms with Crippen molar-refractivity contribution in [3.05, 3.63) is 24.2 Å². The molecule has 1 aliphatic heterocycles. The summed E-state index contributed by atoms with van der Waals surface area (Å²) >= 11 is 0. The number of nitrogens with two attached hydrogens (primary N) is 1. The monoisotopic (exact) mass is 224 g/mol. The van der Waals surface area contributed by atoms with Crippen molar-refractivity contribution in [3.8, 4) is 0 Å². The Morgan fingerprint density at radius 1 is 1.38 bits per heavy atom. The third-order valence-electron chi connectivity index (χ3n) is 3.49. The van der Waals surface area contributed by atoms with E-state index in [0.717, 1.165) is 31.9 Å². The molecule has 1 aromatic heterocycles. The van der Waals surface area contributed by atoms with Crippen molar-refractivity contribution in [3.63, 3.8) is 0 Å². The summed E-state index contributed by atoms with van der Waals surface area (Å²) in [5.74, 6) is 0. The maximum atomic E-state index is 6.31. The second kappa shape index (κ2) is 4.57. The predicted octanol–water partition coefficient (Wildman–Crippen LogP) is 1.39. The van der Waals surface area contributed by atoms with Gasteiger partial charge in [0.1, 0.15) is 0 Å². The summed E-state index contributed by atoms with van der Waals surface area (Å²) in [5, 5.41) is 0. The molecule has 1 aliphatic rings. The van der Waals surface area contributed by atoms with Crippen molar-refractivity contribution in [2.45, 2.75) is 25.4 Å². The van der Waals surface area contributed by atoms with Crippen molar-refractivity contribution >= 4 is 0 Å². The lowest BCUT2D eigenvalue weighted by Gasteiger charge is -2.44. The summed E-state index contributed by atoms with van der Waals surface area (Å²) in [6.07, 6.45) is 3.40. The average molecular weight is 224 g/mol. The molecule has 0 bridgehead atoms. The van der Waals surface area contributed by atoms with E-state index in [2.05, 4.69) is 18.7 Å². The number of hydrogen-bond donors (Lipinski definition) is 1. The van der Waals surface area contributed by atoms with Crippen molar-refractivity contribution in [2.75, 3.05) is 26.3 Å². The minimum Gasteiger partial charge on any atom is -0.472 e. The largest absolute Gasteiger partial charge is 0.472 e. The standard InChI is InChI=1S/C12H20N2O2/c1-12(2,14-4-7-15-8-5-14)11(13)10-3-6-16-9-10/h3,6,9,11H,4-5,7-8,13H2,1-2H3. The molecular weight excluding hydrogens is 204 g/mol. The van der Waals surface area contributed by atoms with Crippen LogP contribution in [0.2, 0.25) is 0 Å². The van der Waals surface area contributed by atoms with Gasteiger partial charge in [0.2, 0.25) is 0 Å². The lowest BCUT2D eigenvalue weighted by molar-refractivity contribution is -0.0191. The molecule has 1 aromatic rings.